The molecule has 0 aromatic carbocycles. The second-order valence-electron chi connectivity index (χ2n) is 3.02. The van der Waals surface area contributed by atoms with E-state index in [1.54, 1.807) is 4.79 Å². The van der Waals surface area contributed by atoms with Crippen LogP contribution in [0.25, 0.3) is 0 Å². The van der Waals surface area contributed by atoms with Crippen LogP contribution in [0.2, 0.25) is 0 Å². The van der Waals surface area contributed by atoms with Crippen LogP contribution in [0.15, 0.2) is 11.1 Å². The summed E-state index contributed by atoms with van der Waals surface area (Å²) in [5.74, 6) is 0. The van der Waals surface area contributed by atoms with E-state index in [0.717, 1.165) is 13.1 Å². The molecule has 0 aliphatic carbocycles. The van der Waals surface area contributed by atoms with Gasteiger partial charge in [0.25, 0.3) is 0 Å². The molecule has 0 bridgehead atoms. The molecule has 0 radical (unpaired) electrons. The lowest BCUT2D eigenvalue weighted by Crippen LogP contribution is -2.40. The van der Waals surface area contributed by atoms with E-state index in [9.17, 15) is 4.79 Å². The Morgan fingerprint density at radius 3 is 2.67 bits per heavy atom. The van der Waals surface area contributed by atoms with Gasteiger partial charge in [-0.2, -0.15) is 9.77 Å². The summed E-state index contributed by atoms with van der Waals surface area (Å²) in [4.78, 5) is 16.0. The molecule has 5 heteroatoms. The van der Waals surface area contributed by atoms with Crippen LogP contribution in [0.4, 0.5) is 0 Å². The van der Waals surface area contributed by atoms with E-state index in [1.807, 2.05) is 0 Å². The van der Waals surface area contributed by atoms with Gasteiger partial charge in [0.15, 0.2) is 0 Å². The molecule has 2 heterocycles. The number of H-pyrrole nitrogens is 1. The second-order valence-corrected chi connectivity index (χ2v) is 3.02. The fourth-order valence-electron chi connectivity index (χ4n) is 1.50. The van der Waals surface area contributed by atoms with Crippen LogP contribution in [0, 0.1) is 0 Å². The zero-order valence-electron chi connectivity index (χ0n) is 6.86. The Bertz CT molecular complexity index is 296. The van der Waals surface area contributed by atoms with E-state index in [0.29, 0.717) is 0 Å². The normalized spacial score (nSPS) is 18.2. The lowest BCUT2D eigenvalue weighted by molar-refractivity contribution is 0.447. The molecule has 1 fully saturated rings. The number of nitrogens with zero attached hydrogens (tertiary/aromatic N) is 3. The van der Waals surface area contributed by atoms with Crippen LogP contribution < -0.4 is 10.7 Å². The Morgan fingerprint density at radius 2 is 2.08 bits per heavy atom. The molecule has 0 amide bonds. The molecule has 12 heavy (non-hydrogen) atoms. The first-order valence-corrected chi connectivity index (χ1v) is 4.25. The molecular formula is C7H12N4O. The number of aromatic amines is 1. The van der Waals surface area contributed by atoms with Crippen molar-refractivity contribution in [1.82, 2.24) is 14.9 Å². The maximum Gasteiger partial charge on any atom is 0.362 e. The number of hydrogen-bond acceptors (Lipinski definition) is 3. The third-order valence-electron chi connectivity index (χ3n) is 2.13. The molecule has 5 nitrogen and oxygen atoms in total. The summed E-state index contributed by atoms with van der Waals surface area (Å²) >= 11 is 0. The van der Waals surface area contributed by atoms with Crippen molar-refractivity contribution in [2.75, 3.05) is 18.1 Å². The van der Waals surface area contributed by atoms with Gasteiger partial charge < -0.3 is 0 Å². The van der Waals surface area contributed by atoms with Crippen molar-refractivity contribution >= 4 is 0 Å². The average molecular weight is 168 g/mol. The molecule has 0 spiro atoms. The minimum atomic E-state index is -0.277. The van der Waals surface area contributed by atoms with E-state index in [-0.39, 0.29) is 5.69 Å². The van der Waals surface area contributed by atoms with Gasteiger partial charge in [-0.1, -0.05) is 0 Å². The largest absolute Gasteiger partial charge is 0.362 e. The first kappa shape index (κ1) is 7.39. The maximum atomic E-state index is 10.7. The Balaban J connectivity index is 2.13. The standard InChI is InChI=1S/C7H12N4O/c12-7-8-6-11(9-7)10-4-2-1-3-5-10/h6H,1-5H2,(H,9,12). The molecule has 1 N–H and O–H groups in total. The third kappa shape index (κ3) is 1.34. The minimum absolute atomic E-state index is 0.277. The summed E-state index contributed by atoms with van der Waals surface area (Å²) in [6.45, 7) is 2.01. The summed E-state index contributed by atoms with van der Waals surface area (Å²) in [7, 11) is 0. The predicted octanol–water partition coefficient (Wildman–Crippen LogP) is -0.307. The highest BCUT2D eigenvalue weighted by Crippen LogP contribution is 2.05. The van der Waals surface area contributed by atoms with Gasteiger partial charge >= 0.3 is 5.69 Å². The molecule has 0 atom stereocenters. The first-order valence-electron chi connectivity index (χ1n) is 4.25. The highest BCUT2D eigenvalue weighted by molar-refractivity contribution is 4.85. The molecule has 0 unspecified atom stereocenters. The smallest absolute Gasteiger partial charge is 0.297 e. The molecule has 1 aromatic heterocycles. The Hall–Kier alpha value is -1.26. The molecule has 1 aromatic rings. The maximum absolute atomic E-state index is 10.7. The average Bonchev–Trinajstić information content (AvgIpc) is 2.54. The van der Waals surface area contributed by atoms with E-state index < -0.39 is 0 Å². The van der Waals surface area contributed by atoms with Gasteiger partial charge in [-0.05, 0) is 19.3 Å². The van der Waals surface area contributed by atoms with Crippen LogP contribution in [0.3, 0.4) is 0 Å². The lowest BCUT2D eigenvalue weighted by Gasteiger charge is -2.27. The third-order valence-corrected chi connectivity index (χ3v) is 2.13. The molecule has 1 aliphatic rings. The molecule has 0 saturated carbocycles. The zero-order chi connectivity index (χ0) is 8.39. The van der Waals surface area contributed by atoms with Crippen LogP contribution >= 0.6 is 0 Å². The Kier molecular flexibility index (Phi) is 1.85. The number of aromatic nitrogens is 3. The van der Waals surface area contributed by atoms with Crippen molar-refractivity contribution in [3.8, 4) is 0 Å². The van der Waals surface area contributed by atoms with Gasteiger partial charge in [-0.25, -0.2) is 9.89 Å². The molecule has 1 aliphatic heterocycles. The highest BCUT2D eigenvalue weighted by atomic mass is 16.1. The van der Waals surface area contributed by atoms with Crippen molar-refractivity contribution in [2.45, 2.75) is 19.3 Å². The van der Waals surface area contributed by atoms with Crippen LogP contribution in [0.5, 0.6) is 0 Å². The minimum Gasteiger partial charge on any atom is -0.297 e. The topological polar surface area (TPSA) is 53.9 Å². The van der Waals surface area contributed by atoms with E-state index in [1.165, 1.54) is 25.6 Å². The highest BCUT2D eigenvalue weighted by Gasteiger charge is 2.09. The number of piperidine rings is 1. The van der Waals surface area contributed by atoms with Gasteiger partial charge in [0.05, 0.1) is 0 Å². The van der Waals surface area contributed by atoms with E-state index in [4.69, 9.17) is 0 Å². The Labute approximate surface area is 70.0 Å². The van der Waals surface area contributed by atoms with E-state index >= 15 is 0 Å². The second kappa shape index (κ2) is 3.00. The first-order chi connectivity index (χ1) is 5.86. The zero-order valence-corrected chi connectivity index (χ0v) is 6.86. The number of rotatable bonds is 1. The molecule has 1 saturated heterocycles. The predicted molar refractivity (Wildman–Crippen MR) is 44.6 cm³/mol. The molecule has 66 valence electrons. The summed E-state index contributed by atoms with van der Waals surface area (Å²) in [6, 6.07) is 0. The summed E-state index contributed by atoms with van der Waals surface area (Å²) < 4.78 is 0. The molecule has 2 rings (SSSR count). The SMILES string of the molecule is O=c1ncn(N2CCCCC2)[nH]1. The van der Waals surface area contributed by atoms with Gasteiger partial charge in [0, 0.05) is 13.1 Å². The van der Waals surface area contributed by atoms with Crippen molar-refractivity contribution < 1.29 is 0 Å². The summed E-state index contributed by atoms with van der Waals surface area (Å²) in [6.07, 6.45) is 5.21. The van der Waals surface area contributed by atoms with E-state index in [2.05, 4.69) is 15.1 Å². The van der Waals surface area contributed by atoms with Crippen molar-refractivity contribution in [3.63, 3.8) is 0 Å². The van der Waals surface area contributed by atoms with Gasteiger partial charge in [-0.15, -0.1) is 0 Å². The van der Waals surface area contributed by atoms with Gasteiger partial charge in [0.1, 0.15) is 6.33 Å². The quantitative estimate of drug-likeness (QED) is 0.626. The lowest BCUT2D eigenvalue weighted by atomic mass is 10.2. The van der Waals surface area contributed by atoms with Crippen LogP contribution in [0.1, 0.15) is 19.3 Å². The summed E-state index contributed by atoms with van der Waals surface area (Å²) in [5, 5.41) is 4.72. The van der Waals surface area contributed by atoms with Crippen LogP contribution in [-0.2, 0) is 0 Å². The fourth-order valence-corrected chi connectivity index (χ4v) is 1.50. The summed E-state index contributed by atoms with van der Waals surface area (Å²) in [5.41, 5.74) is -0.277. The molecular weight excluding hydrogens is 156 g/mol. The van der Waals surface area contributed by atoms with Crippen molar-refractivity contribution in [2.24, 2.45) is 0 Å². The Morgan fingerprint density at radius 1 is 1.33 bits per heavy atom. The van der Waals surface area contributed by atoms with Gasteiger partial charge in [0.2, 0.25) is 0 Å². The van der Waals surface area contributed by atoms with Crippen molar-refractivity contribution in [1.29, 1.82) is 0 Å². The number of hydrogen-bond donors (Lipinski definition) is 1. The number of nitrogens with one attached hydrogen (secondary N) is 1. The van der Waals surface area contributed by atoms with Gasteiger partial charge in [-0.3, -0.25) is 5.01 Å². The monoisotopic (exact) mass is 168 g/mol. The fraction of sp³-hybridized carbons (Fsp3) is 0.714. The van der Waals surface area contributed by atoms with Crippen LogP contribution in [-0.4, -0.2) is 28.0 Å². The van der Waals surface area contributed by atoms with Crippen molar-refractivity contribution in [3.05, 3.63) is 16.8 Å².